The highest BCUT2D eigenvalue weighted by Crippen LogP contribution is 2.42. The Morgan fingerprint density at radius 1 is 1.14 bits per heavy atom. The zero-order chi connectivity index (χ0) is 26.0. The van der Waals surface area contributed by atoms with E-state index in [9.17, 15) is 14.4 Å². The van der Waals surface area contributed by atoms with Gasteiger partial charge in [-0.1, -0.05) is 24.6 Å². The highest BCUT2D eigenvalue weighted by Gasteiger charge is 2.35. The fraction of sp³-hybridized carbons (Fsp3) is 0.464. The lowest BCUT2D eigenvalue weighted by Crippen LogP contribution is -2.43. The van der Waals surface area contributed by atoms with Crippen LogP contribution in [0.3, 0.4) is 0 Å². The molecule has 36 heavy (non-hydrogen) atoms. The Bertz CT molecular complexity index is 1200. The molecule has 8 nitrogen and oxygen atoms in total. The molecule has 1 aromatic carbocycles. The van der Waals surface area contributed by atoms with E-state index in [-0.39, 0.29) is 17.8 Å². The molecule has 3 aliphatic rings. The first-order valence-corrected chi connectivity index (χ1v) is 12.5. The normalized spacial score (nSPS) is 21.4. The first-order chi connectivity index (χ1) is 17.2. The maximum absolute atomic E-state index is 12.2. The quantitative estimate of drug-likeness (QED) is 0.459. The van der Waals surface area contributed by atoms with Crippen LogP contribution in [-0.2, 0) is 25.5 Å². The van der Waals surface area contributed by atoms with Gasteiger partial charge in [-0.3, -0.25) is 9.69 Å². The van der Waals surface area contributed by atoms with Crippen molar-refractivity contribution in [1.29, 1.82) is 0 Å². The zero-order valence-corrected chi connectivity index (χ0v) is 21.0. The van der Waals surface area contributed by atoms with E-state index in [1.54, 1.807) is 0 Å². The molecule has 5 rings (SSSR count). The predicted octanol–water partition coefficient (Wildman–Crippen LogP) is 4.15. The molecule has 0 spiro atoms. The number of nitrogens with zero attached hydrogens (tertiary/aromatic N) is 2. The summed E-state index contributed by atoms with van der Waals surface area (Å²) in [6.45, 7) is 5.95. The number of aliphatic carboxylic acids is 2. The van der Waals surface area contributed by atoms with Gasteiger partial charge >= 0.3 is 17.9 Å². The SMILES string of the molecule is CC(C)n1cc2c3c(cccc31)C1=C[C@@H](COC(=O)C3CCC3)CN(C)[C@@H]1C2.O=C(O)/C=C\C(=O)O. The Morgan fingerprint density at radius 3 is 2.42 bits per heavy atom. The second-order valence-electron chi connectivity index (χ2n) is 10.2. The Labute approximate surface area is 210 Å². The number of carboxylic acids is 2. The van der Waals surface area contributed by atoms with E-state index in [1.807, 2.05) is 0 Å². The predicted molar refractivity (Wildman–Crippen MR) is 137 cm³/mol. The van der Waals surface area contributed by atoms with Crippen molar-refractivity contribution in [2.45, 2.75) is 51.6 Å². The molecular weight excluding hydrogens is 460 g/mol. The Hall–Kier alpha value is -3.39. The van der Waals surface area contributed by atoms with Gasteiger partial charge in [0.2, 0.25) is 0 Å². The number of ether oxygens (including phenoxy) is 1. The molecule has 2 N–H and O–H groups in total. The molecular formula is C28H34N2O6. The molecule has 192 valence electrons. The molecule has 1 aliphatic heterocycles. The van der Waals surface area contributed by atoms with E-state index in [2.05, 4.69) is 60.8 Å². The third-order valence-electron chi connectivity index (χ3n) is 7.29. The van der Waals surface area contributed by atoms with E-state index >= 15 is 0 Å². The summed E-state index contributed by atoms with van der Waals surface area (Å²) in [7, 11) is 2.21. The molecule has 2 heterocycles. The van der Waals surface area contributed by atoms with E-state index in [1.165, 1.54) is 34.0 Å². The topological polar surface area (TPSA) is 109 Å². The summed E-state index contributed by atoms with van der Waals surface area (Å²) in [5.41, 5.74) is 5.58. The highest BCUT2D eigenvalue weighted by atomic mass is 16.5. The van der Waals surface area contributed by atoms with Crippen LogP contribution in [0.25, 0.3) is 16.5 Å². The van der Waals surface area contributed by atoms with Gasteiger partial charge in [0.05, 0.1) is 12.5 Å². The number of carbonyl (C=O) groups excluding carboxylic acids is 1. The van der Waals surface area contributed by atoms with Crippen LogP contribution in [0.5, 0.6) is 0 Å². The van der Waals surface area contributed by atoms with Crippen molar-refractivity contribution in [3.63, 3.8) is 0 Å². The third kappa shape index (κ3) is 5.38. The van der Waals surface area contributed by atoms with Crippen LogP contribution in [0, 0.1) is 11.8 Å². The average Bonchev–Trinajstić information content (AvgIpc) is 3.16. The van der Waals surface area contributed by atoms with Gasteiger partial charge < -0.3 is 19.5 Å². The van der Waals surface area contributed by atoms with E-state index < -0.39 is 11.9 Å². The Balaban J connectivity index is 0.000000331. The molecule has 2 atom stereocenters. The largest absolute Gasteiger partial charge is 0.478 e. The minimum atomic E-state index is -1.26. The van der Waals surface area contributed by atoms with Crippen LogP contribution >= 0.6 is 0 Å². The molecule has 1 fully saturated rings. The maximum atomic E-state index is 12.2. The summed E-state index contributed by atoms with van der Waals surface area (Å²) in [6.07, 6.45) is 10.1. The summed E-state index contributed by atoms with van der Waals surface area (Å²) >= 11 is 0. The summed E-state index contributed by atoms with van der Waals surface area (Å²) < 4.78 is 8.08. The number of rotatable bonds is 6. The van der Waals surface area contributed by atoms with Crippen molar-refractivity contribution in [1.82, 2.24) is 9.47 Å². The smallest absolute Gasteiger partial charge is 0.328 e. The summed E-state index contributed by atoms with van der Waals surface area (Å²) in [6, 6.07) is 7.57. The minimum Gasteiger partial charge on any atom is -0.478 e. The van der Waals surface area contributed by atoms with Crippen molar-refractivity contribution < 1.29 is 29.3 Å². The maximum Gasteiger partial charge on any atom is 0.328 e. The van der Waals surface area contributed by atoms with Crippen molar-refractivity contribution in [3.05, 3.63) is 53.8 Å². The van der Waals surface area contributed by atoms with E-state index in [4.69, 9.17) is 14.9 Å². The molecule has 2 aliphatic carbocycles. The number of hydrogen-bond acceptors (Lipinski definition) is 5. The number of carbonyl (C=O) groups is 3. The molecule has 1 aromatic heterocycles. The second kappa shape index (κ2) is 10.7. The van der Waals surface area contributed by atoms with Crippen LogP contribution in [0.4, 0.5) is 0 Å². The summed E-state index contributed by atoms with van der Waals surface area (Å²) in [4.78, 5) is 33.7. The standard InChI is InChI=1S/C24H30N2O2.C4H4O4/c1-15(2)26-13-18-11-22-20(19-8-5-9-21(26)23(18)19)10-16(12-25(22)3)14-28-24(27)17-6-4-7-17;5-3(6)1-2-4(7)8/h5,8-10,13,15-17,22H,4,6-7,11-12,14H2,1-3H3;1-2H,(H,5,6)(H,7,8)/b;2-1-/t16-,22-;/m1./s1. The Kier molecular flexibility index (Phi) is 7.64. The molecule has 0 bridgehead atoms. The average molecular weight is 495 g/mol. The van der Waals surface area contributed by atoms with Gasteiger partial charge in [0.1, 0.15) is 0 Å². The van der Waals surface area contributed by atoms with Crippen LogP contribution in [-0.4, -0.2) is 63.8 Å². The van der Waals surface area contributed by atoms with Gasteiger partial charge in [-0.05, 0) is 62.9 Å². The first-order valence-electron chi connectivity index (χ1n) is 12.5. The second-order valence-corrected chi connectivity index (χ2v) is 10.2. The first kappa shape index (κ1) is 25.7. The van der Waals surface area contributed by atoms with Crippen molar-refractivity contribution in [3.8, 4) is 0 Å². The lowest BCUT2D eigenvalue weighted by Gasteiger charge is -2.39. The third-order valence-corrected chi connectivity index (χ3v) is 7.29. The van der Waals surface area contributed by atoms with Crippen LogP contribution < -0.4 is 0 Å². The lowest BCUT2D eigenvalue weighted by molar-refractivity contribution is -0.152. The monoisotopic (exact) mass is 494 g/mol. The minimum absolute atomic E-state index is 0.0106. The van der Waals surface area contributed by atoms with Crippen molar-refractivity contribution in [2.24, 2.45) is 11.8 Å². The molecule has 0 amide bonds. The van der Waals surface area contributed by atoms with E-state index in [0.717, 1.165) is 25.8 Å². The molecule has 2 aromatic rings. The van der Waals surface area contributed by atoms with Gasteiger partial charge in [-0.2, -0.15) is 0 Å². The van der Waals surface area contributed by atoms with Gasteiger partial charge in [-0.15, -0.1) is 0 Å². The number of esters is 1. The van der Waals surface area contributed by atoms with Crippen LogP contribution in [0.2, 0.25) is 0 Å². The fourth-order valence-electron chi connectivity index (χ4n) is 5.31. The van der Waals surface area contributed by atoms with Crippen LogP contribution in [0.1, 0.15) is 50.3 Å². The number of benzene rings is 1. The van der Waals surface area contributed by atoms with Gasteiger partial charge in [0.25, 0.3) is 0 Å². The molecule has 0 saturated heterocycles. The van der Waals surface area contributed by atoms with Gasteiger partial charge in [-0.25, -0.2) is 9.59 Å². The molecule has 1 saturated carbocycles. The number of aromatic nitrogens is 1. The number of hydrogen-bond donors (Lipinski definition) is 2. The summed E-state index contributed by atoms with van der Waals surface area (Å²) in [5.74, 6) is -2.08. The van der Waals surface area contributed by atoms with Crippen molar-refractivity contribution >= 4 is 34.4 Å². The molecule has 8 heteroatoms. The van der Waals surface area contributed by atoms with Crippen molar-refractivity contribution in [2.75, 3.05) is 20.2 Å². The zero-order valence-electron chi connectivity index (χ0n) is 21.0. The number of fused-ring (bicyclic) bond motifs is 2. The van der Waals surface area contributed by atoms with Gasteiger partial charge in [0, 0.05) is 53.8 Å². The molecule has 0 radical (unpaired) electrons. The Morgan fingerprint density at radius 2 is 1.83 bits per heavy atom. The van der Waals surface area contributed by atoms with E-state index in [0.29, 0.717) is 30.8 Å². The number of carboxylic acid groups (broad SMARTS) is 2. The highest BCUT2D eigenvalue weighted by molar-refractivity contribution is 5.98. The summed E-state index contributed by atoms with van der Waals surface area (Å²) in [5, 5.41) is 17.0. The fourth-order valence-corrected chi connectivity index (χ4v) is 5.31. The van der Waals surface area contributed by atoms with Crippen LogP contribution in [0.15, 0.2) is 42.6 Å². The molecule has 0 unspecified atom stereocenters. The van der Waals surface area contributed by atoms with Gasteiger partial charge in [0.15, 0.2) is 0 Å². The lowest BCUT2D eigenvalue weighted by atomic mass is 9.80. The number of likely N-dealkylation sites (N-methyl/N-ethyl adjacent to an activating group) is 1.